The Morgan fingerprint density at radius 2 is 1.76 bits per heavy atom. The molecule has 3 nitrogen and oxygen atoms in total. The monoisotopic (exact) mass is 277 g/mol. The summed E-state index contributed by atoms with van der Waals surface area (Å²) >= 11 is 0. The molecular weight excluding hydrogens is 262 g/mol. The van der Waals surface area contributed by atoms with E-state index in [9.17, 15) is 4.79 Å². The number of hydrogen-bond donors (Lipinski definition) is 0. The van der Waals surface area contributed by atoms with Crippen molar-refractivity contribution in [3.63, 3.8) is 0 Å². The smallest absolute Gasteiger partial charge is 0.363 e. The standard InChI is InChI=1S/C18H15NO2/c1-12-8-9-15(10-13(12)2)17-19-16(18(20)21-17)11-14-6-4-3-5-7-14/h3-11H,1-2H3/b16-11+. The van der Waals surface area contributed by atoms with Crippen LogP contribution >= 0.6 is 0 Å². The lowest BCUT2D eigenvalue weighted by Gasteiger charge is -2.03. The van der Waals surface area contributed by atoms with Gasteiger partial charge in [0.25, 0.3) is 0 Å². The molecule has 1 aliphatic heterocycles. The van der Waals surface area contributed by atoms with E-state index in [1.165, 1.54) is 5.56 Å². The molecule has 3 heteroatoms. The van der Waals surface area contributed by atoms with Gasteiger partial charge in [-0.3, -0.25) is 0 Å². The van der Waals surface area contributed by atoms with E-state index in [0.29, 0.717) is 11.6 Å². The maximum absolute atomic E-state index is 11.9. The molecule has 1 heterocycles. The molecular formula is C18H15NO2. The van der Waals surface area contributed by atoms with Crippen molar-refractivity contribution in [3.8, 4) is 0 Å². The van der Waals surface area contributed by atoms with E-state index in [-0.39, 0.29) is 0 Å². The Balaban J connectivity index is 1.95. The molecule has 0 saturated heterocycles. The lowest BCUT2D eigenvalue weighted by Crippen LogP contribution is -2.05. The van der Waals surface area contributed by atoms with Crippen molar-refractivity contribution in [2.24, 2.45) is 4.99 Å². The Morgan fingerprint density at radius 1 is 1.00 bits per heavy atom. The van der Waals surface area contributed by atoms with E-state index in [1.54, 1.807) is 6.08 Å². The molecule has 0 radical (unpaired) electrons. The van der Waals surface area contributed by atoms with Crippen LogP contribution in [0.2, 0.25) is 0 Å². The first kappa shape index (κ1) is 13.3. The average molecular weight is 277 g/mol. The van der Waals surface area contributed by atoms with Crippen LogP contribution in [0.4, 0.5) is 0 Å². The molecule has 2 aromatic rings. The zero-order valence-corrected chi connectivity index (χ0v) is 12.0. The van der Waals surface area contributed by atoms with Crippen molar-refractivity contribution >= 4 is 17.9 Å². The molecule has 0 aliphatic carbocycles. The van der Waals surface area contributed by atoms with Crippen LogP contribution in [0.25, 0.3) is 6.08 Å². The molecule has 0 N–H and O–H groups in total. The first-order valence-electron chi connectivity index (χ1n) is 6.79. The van der Waals surface area contributed by atoms with Crippen molar-refractivity contribution in [2.75, 3.05) is 0 Å². The minimum Gasteiger partial charge on any atom is -0.402 e. The predicted molar refractivity (Wildman–Crippen MR) is 83.0 cm³/mol. The Bertz CT molecular complexity index is 758. The van der Waals surface area contributed by atoms with Crippen LogP contribution < -0.4 is 0 Å². The number of esters is 1. The molecule has 0 unspecified atom stereocenters. The van der Waals surface area contributed by atoms with Crippen LogP contribution in [0.3, 0.4) is 0 Å². The van der Waals surface area contributed by atoms with Crippen molar-refractivity contribution in [1.29, 1.82) is 0 Å². The molecule has 0 fully saturated rings. The molecule has 104 valence electrons. The maximum atomic E-state index is 11.9. The highest BCUT2D eigenvalue weighted by Gasteiger charge is 2.24. The third-order valence-corrected chi connectivity index (χ3v) is 3.48. The van der Waals surface area contributed by atoms with E-state index >= 15 is 0 Å². The fraction of sp³-hybridized carbons (Fsp3) is 0.111. The second-order valence-electron chi connectivity index (χ2n) is 5.05. The number of nitrogens with zero attached hydrogens (tertiary/aromatic N) is 1. The molecule has 2 aromatic carbocycles. The molecule has 21 heavy (non-hydrogen) atoms. The van der Waals surface area contributed by atoms with Gasteiger partial charge in [-0.15, -0.1) is 0 Å². The molecule has 0 spiro atoms. The van der Waals surface area contributed by atoms with Crippen molar-refractivity contribution < 1.29 is 9.53 Å². The number of hydrogen-bond acceptors (Lipinski definition) is 3. The SMILES string of the molecule is Cc1ccc(C2=N/C(=C/c3ccccc3)C(=O)O2)cc1C. The van der Waals surface area contributed by atoms with Crippen LogP contribution in [0.1, 0.15) is 22.3 Å². The Kier molecular flexibility index (Phi) is 3.40. The summed E-state index contributed by atoms with van der Waals surface area (Å²) in [4.78, 5) is 16.2. The summed E-state index contributed by atoms with van der Waals surface area (Å²) in [7, 11) is 0. The van der Waals surface area contributed by atoms with Crippen LogP contribution in [0, 0.1) is 13.8 Å². The maximum Gasteiger partial charge on any atom is 0.363 e. The third kappa shape index (κ3) is 2.77. The van der Waals surface area contributed by atoms with Crippen molar-refractivity contribution in [1.82, 2.24) is 0 Å². The highest BCUT2D eigenvalue weighted by atomic mass is 16.6. The minimum atomic E-state index is -0.410. The number of ether oxygens (including phenoxy) is 1. The Morgan fingerprint density at radius 3 is 2.48 bits per heavy atom. The molecule has 0 amide bonds. The summed E-state index contributed by atoms with van der Waals surface area (Å²) in [6.07, 6.45) is 1.73. The van der Waals surface area contributed by atoms with Gasteiger partial charge in [-0.2, -0.15) is 0 Å². The lowest BCUT2D eigenvalue weighted by molar-refractivity contribution is -0.129. The minimum absolute atomic E-state index is 0.328. The van der Waals surface area contributed by atoms with Gasteiger partial charge in [-0.05, 0) is 48.7 Å². The molecule has 0 bridgehead atoms. The number of rotatable bonds is 2. The first-order chi connectivity index (χ1) is 10.1. The average Bonchev–Trinajstić information content (AvgIpc) is 2.84. The third-order valence-electron chi connectivity index (χ3n) is 3.48. The Labute approximate surface area is 123 Å². The van der Waals surface area contributed by atoms with Crippen LogP contribution in [0.5, 0.6) is 0 Å². The number of aryl methyl sites for hydroxylation is 2. The molecule has 0 saturated carbocycles. The summed E-state index contributed by atoms with van der Waals surface area (Å²) < 4.78 is 5.27. The summed E-state index contributed by atoms with van der Waals surface area (Å²) in [5.41, 5.74) is 4.42. The van der Waals surface area contributed by atoms with Gasteiger partial charge in [-0.25, -0.2) is 9.79 Å². The molecule has 0 atom stereocenters. The first-order valence-corrected chi connectivity index (χ1v) is 6.79. The fourth-order valence-electron chi connectivity index (χ4n) is 2.11. The summed E-state index contributed by atoms with van der Waals surface area (Å²) in [5, 5.41) is 0. The van der Waals surface area contributed by atoms with E-state index in [4.69, 9.17) is 4.74 Å². The second kappa shape index (κ2) is 5.37. The van der Waals surface area contributed by atoms with Crippen molar-refractivity contribution in [2.45, 2.75) is 13.8 Å². The predicted octanol–water partition coefficient (Wildman–Crippen LogP) is 3.65. The normalized spacial score (nSPS) is 16.0. The quantitative estimate of drug-likeness (QED) is 0.621. The van der Waals surface area contributed by atoms with Crippen molar-refractivity contribution in [3.05, 3.63) is 76.5 Å². The molecule has 0 aromatic heterocycles. The summed E-state index contributed by atoms with van der Waals surface area (Å²) in [6.45, 7) is 4.07. The summed E-state index contributed by atoms with van der Waals surface area (Å²) in [6, 6.07) is 15.5. The van der Waals surface area contributed by atoms with Crippen LogP contribution in [-0.2, 0) is 9.53 Å². The zero-order chi connectivity index (χ0) is 14.8. The zero-order valence-electron chi connectivity index (χ0n) is 12.0. The van der Waals surface area contributed by atoms with E-state index in [2.05, 4.69) is 4.99 Å². The van der Waals surface area contributed by atoms with E-state index in [0.717, 1.165) is 16.7 Å². The lowest BCUT2D eigenvalue weighted by atomic mass is 10.1. The molecule has 1 aliphatic rings. The van der Waals surface area contributed by atoms with Crippen LogP contribution in [0.15, 0.2) is 59.2 Å². The van der Waals surface area contributed by atoms with Gasteiger partial charge in [-0.1, -0.05) is 36.4 Å². The van der Waals surface area contributed by atoms with Gasteiger partial charge in [0.2, 0.25) is 5.90 Å². The number of carbonyl (C=O) groups is 1. The van der Waals surface area contributed by atoms with E-state index in [1.807, 2.05) is 62.4 Å². The Hall–Kier alpha value is -2.68. The van der Waals surface area contributed by atoms with Gasteiger partial charge in [0, 0.05) is 5.56 Å². The number of cyclic esters (lactones) is 1. The second-order valence-corrected chi connectivity index (χ2v) is 5.05. The highest BCUT2D eigenvalue weighted by Crippen LogP contribution is 2.20. The summed E-state index contributed by atoms with van der Waals surface area (Å²) in [5.74, 6) is -0.0441. The van der Waals surface area contributed by atoms with Gasteiger partial charge in [0.1, 0.15) is 0 Å². The fourth-order valence-corrected chi connectivity index (χ4v) is 2.11. The topological polar surface area (TPSA) is 38.7 Å². The number of carbonyl (C=O) groups excluding carboxylic acids is 1. The molecule has 3 rings (SSSR count). The highest BCUT2D eigenvalue weighted by molar-refractivity contribution is 6.12. The number of aliphatic imine (C=N–C) groups is 1. The van der Waals surface area contributed by atoms with Gasteiger partial charge >= 0.3 is 5.97 Å². The van der Waals surface area contributed by atoms with Crippen LogP contribution in [-0.4, -0.2) is 11.9 Å². The largest absolute Gasteiger partial charge is 0.402 e. The van der Waals surface area contributed by atoms with Gasteiger partial charge in [0.05, 0.1) is 0 Å². The van der Waals surface area contributed by atoms with E-state index < -0.39 is 5.97 Å². The van der Waals surface area contributed by atoms with Gasteiger partial charge < -0.3 is 4.74 Å². The van der Waals surface area contributed by atoms with Gasteiger partial charge in [0.15, 0.2) is 5.70 Å². The number of benzene rings is 2.